The molecule has 0 saturated heterocycles. The van der Waals surface area contributed by atoms with Crippen LogP contribution in [0.15, 0.2) is 126 Å². The van der Waals surface area contributed by atoms with E-state index < -0.39 is 20.1 Å². The van der Waals surface area contributed by atoms with E-state index in [2.05, 4.69) is 168 Å². The fraction of sp³-hybridized carbons (Fsp3) is 0.293. The Morgan fingerprint density at radius 2 is 1.40 bits per heavy atom. The molecule has 5 nitrogen and oxygen atoms in total. The van der Waals surface area contributed by atoms with E-state index in [0.717, 1.165) is 61.2 Å². The monoisotopic (exact) mass is 1100 g/mol. The second-order valence-electron chi connectivity index (χ2n) is 20.0. The van der Waals surface area contributed by atoms with E-state index in [0.29, 0.717) is 11.5 Å². The number of pyridine rings is 2. The summed E-state index contributed by atoms with van der Waals surface area (Å²) < 4.78 is 32.6. The number of aryl methyl sites for hydroxylation is 1. The maximum atomic E-state index is 7.44. The van der Waals surface area contributed by atoms with Crippen LogP contribution in [0.2, 0.25) is 17.3 Å². The van der Waals surface area contributed by atoms with Crippen LogP contribution in [0.3, 0.4) is 0 Å². The standard InChI is InChI=1S/C40H38N3O.C18H24GeN.Ir/c1-24(2)31-20-27(26-14-9-8-10-15-26)21-32(25(3)4)37(31)43-34-23-41-22-33(40(5,6)7)36(34)42-39(43)30-18-13-17-29-28-16-11-12-19-35(28)44-38(29)30;1-13(2)16-11-18(15-9-7-14(3)8-10-15)20-12-17(16)19(4,5)6;/h8-17,19-25H,1-7H3;7-9,11-13H,1-6H3;/q2*-1;/i;3D3;. The van der Waals surface area contributed by atoms with Crippen molar-refractivity contribution in [2.24, 2.45) is 0 Å². The number of hydrogen-bond donors (Lipinski definition) is 0. The quantitative estimate of drug-likeness (QED) is 0.112. The van der Waals surface area contributed by atoms with Gasteiger partial charge in [-0.05, 0) is 57.7 Å². The molecule has 0 N–H and O–H groups in total. The van der Waals surface area contributed by atoms with Crippen molar-refractivity contribution in [2.75, 3.05) is 0 Å². The molecule has 65 heavy (non-hydrogen) atoms. The summed E-state index contributed by atoms with van der Waals surface area (Å²) in [7, 11) is 0. The molecule has 0 fully saturated rings. The minimum atomic E-state index is -2.09. The van der Waals surface area contributed by atoms with Crippen molar-refractivity contribution >= 4 is 50.6 Å². The zero-order valence-electron chi connectivity index (χ0n) is 42.8. The smallest absolute Gasteiger partial charge is 0 e. The second kappa shape index (κ2) is 19.0. The van der Waals surface area contributed by atoms with Gasteiger partial charge in [0.25, 0.3) is 0 Å². The summed E-state index contributed by atoms with van der Waals surface area (Å²) in [6.45, 7) is 18.1. The third kappa shape index (κ3) is 9.59. The summed E-state index contributed by atoms with van der Waals surface area (Å²) in [6, 6.07) is 41.5. The molecule has 9 rings (SSSR count). The summed E-state index contributed by atoms with van der Waals surface area (Å²) in [4.78, 5) is 14.9. The average Bonchev–Trinajstić information content (AvgIpc) is 3.87. The molecule has 0 aliphatic heterocycles. The third-order valence-electron chi connectivity index (χ3n) is 12.1. The minimum Gasteiger partial charge on any atom is 0 e. The zero-order valence-corrected chi connectivity index (χ0v) is 44.3. The van der Waals surface area contributed by atoms with E-state index >= 15 is 0 Å². The Hall–Kier alpha value is -5.14. The Balaban J connectivity index is 0.000000242. The van der Waals surface area contributed by atoms with Crippen LogP contribution in [0, 0.1) is 19.0 Å². The first-order chi connectivity index (χ1) is 31.6. The van der Waals surface area contributed by atoms with Crippen LogP contribution in [-0.4, -0.2) is 32.8 Å². The van der Waals surface area contributed by atoms with Crippen LogP contribution in [0.25, 0.3) is 72.4 Å². The van der Waals surface area contributed by atoms with Crippen molar-refractivity contribution in [3.8, 4) is 39.5 Å². The molecule has 4 aromatic heterocycles. The van der Waals surface area contributed by atoms with Gasteiger partial charge < -0.3 is 8.98 Å². The van der Waals surface area contributed by atoms with Crippen molar-refractivity contribution in [1.29, 1.82) is 0 Å². The Labute approximate surface area is 407 Å². The molecular weight excluding hydrogens is 1030 g/mol. The van der Waals surface area contributed by atoms with Gasteiger partial charge >= 0.3 is 130 Å². The maximum absolute atomic E-state index is 7.44. The molecule has 0 bridgehead atoms. The van der Waals surface area contributed by atoms with Crippen LogP contribution in [0.4, 0.5) is 0 Å². The fourth-order valence-electron chi connectivity index (χ4n) is 8.72. The van der Waals surface area contributed by atoms with Gasteiger partial charge in [0, 0.05) is 42.9 Å². The molecule has 9 aromatic rings. The Bertz CT molecular complexity index is 3200. The number of furan rings is 1. The number of imidazole rings is 1. The molecule has 0 spiro atoms. The maximum Gasteiger partial charge on any atom is 0 e. The van der Waals surface area contributed by atoms with Gasteiger partial charge in [0.2, 0.25) is 0 Å². The molecule has 0 amide bonds. The Morgan fingerprint density at radius 3 is 2.02 bits per heavy atom. The van der Waals surface area contributed by atoms with Gasteiger partial charge in [-0.1, -0.05) is 108 Å². The van der Waals surface area contributed by atoms with E-state index in [1.807, 2.05) is 36.8 Å². The second-order valence-corrected chi connectivity index (χ2v) is 30.6. The number of nitrogens with zero attached hydrogens (tertiary/aromatic N) is 4. The third-order valence-corrected chi connectivity index (χ3v) is 16.4. The molecule has 1 radical (unpaired) electrons. The number of fused-ring (bicyclic) bond motifs is 4. The number of hydrogen-bond acceptors (Lipinski definition) is 4. The van der Waals surface area contributed by atoms with E-state index in [4.69, 9.17) is 18.5 Å². The number of aromatic nitrogens is 4. The number of para-hydroxylation sites is 1. The molecule has 0 aliphatic carbocycles. The van der Waals surface area contributed by atoms with Crippen molar-refractivity contribution in [2.45, 2.75) is 110 Å². The first kappa shape index (κ1) is 43.7. The largest absolute Gasteiger partial charge is 0 e. The molecular formula is C58H62GeIrN4O-2. The molecule has 0 atom stereocenters. The molecule has 0 saturated carbocycles. The van der Waals surface area contributed by atoms with Crippen LogP contribution >= 0.6 is 0 Å². The molecule has 5 aromatic carbocycles. The SMILES string of the molecule is CC(C)c1cc(-c2ccccc2)cc(C(C)C)c1-n1c(-c2[c-]ccc3c2oc2ccccc23)nc2c(C(C)(C)C)cncc21.[2H]C([2H])([2H])c1c[c-]c(-c2cc(C(C)C)[c]([Ge]([CH3])([CH3])[CH3])cn2)cc1.[Ir]. The molecule has 0 aliphatic rings. The van der Waals surface area contributed by atoms with Crippen molar-refractivity contribution in [3.63, 3.8) is 0 Å². The summed E-state index contributed by atoms with van der Waals surface area (Å²) >= 11 is -1.97. The first-order valence-corrected chi connectivity index (χ1v) is 29.9. The normalized spacial score (nSPS) is 12.9. The molecule has 335 valence electrons. The summed E-state index contributed by atoms with van der Waals surface area (Å²) in [5.74, 6) is 8.92. The van der Waals surface area contributed by atoms with Crippen molar-refractivity contribution in [3.05, 3.63) is 162 Å². The summed E-state index contributed by atoms with van der Waals surface area (Å²) in [5.41, 5.74) is 15.0. The Morgan fingerprint density at radius 1 is 0.723 bits per heavy atom. The minimum absolute atomic E-state index is 0. The Kier molecular flexibility index (Phi) is 12.8. The van der Waals surface area contributed by atoms with E-state index in [1.54, 1.807) is 18.2 Å². The molecule has 7 heteroatoms. The van der Waals surface area contributed by atoms with Gasteiger partial charge in [0.15, 0.2) is 0 Å². The predicted octanol–water partition coefficient (Wildman–Crippen LogP) is 15.5. The summed E-state index contributed by atoms with van der Waals surface area (Å²) in [5, 5.41) is 2.16. The van der Waals surface area contributed by atoms with Crippen LogP contribution < -0.4 is 4.40 Å². The summed E-state index contributed by atoms with van der Waals surface area (Å²) in [6.07, 6.45) is 5.97. The van der Waals surface area contributed by atoms with Crippen molar-refractivity contribution < 1.29 is 28.6 Å². The van der Waals surface area contributed by atoms with Crippen LogP contribution in [0.5, 0.6) is 0 Å². The predicted molar refractivity (Wildman–Crippen MR) is 273 cm³/mol. The van der Waals surface area contributed by atoms with E-state index in [9.17, 15) is 0 Å². The van der Waals surface area contributed by atoms with Gasteiger partial charge in [0.1, 0.15) is 5.58 Å². The average molecular weight is 1100 g/mol. The topological polar surface area (TPSA) is 56.7 Å². The van der Waals surface area contributed by atoms with Gasteiger partial charge in [-0.2, -0.15) is 0 Å². The van der Waals surface area contributed by atoms with Gasteiger partial charge in [0.05, 0.1) is 28.6 Å². The van der Waals surface area contributed by atoms with Gasteiger partial charge in [-0.3, -0.25) is 9.97 Å². The van der Waals surface area contributed by atoms with Gasteiger partial charge in [-0.15, -0.1) is 18.2 Å². The first-order valence-electron chi connectivity index (χ1n) is 24.1. The van der Waals surface area contributed by atoms with Crippen LogP contribution in [0.1, 0.15) is 112 Å². The van der Waals surface area contributed by atoms with E-state index in [1.165, 1.54) is 37.9 Å². The number of rotatable bonds is 8. The molecule has 0 unspecified atom stereocenters. The van der Waals surface area contributed by atoms with E-state index in [-0.39, 0.29) is 37.4 Å². The van der Waals surface area contributed by atoms with Gasteiger partial charge in [-0.25, -0.2) is 0 Å². The van der Waals surface area contributed by atoms with Crippen LogP contribution in [-0.2, 0) is 25.5 Å². The fourth-order valence-corrected chi connectivity index (χ4v) is 12.2. The van der Waals surface area contributed by atoms with Crippen molar-refractivity contribution in [1.82, 2.24) is 19.5 Å². The number of benzene rings is 5. The zero-order chi connectivity index (χ0) is 48.2. The molecule has 4 heterocycles.